The fourth-order valence-corrected chi connectivity index (χ4v) is 5.16. The smallest absolute Gasteiger partial charge is 0.237 e. The van der Waals surface area contributed by atoms with E-state index in [1.165, 1.54) is 12.1 Å². The number of rotatable bonds is 11. The van der Waals surface area contributed by atoms with E-state index >= 15 is 0 Å². The van der Waals surface area contributed by atoms with Crippen molar-refractivity contribution in [1.82, 2.24) is 20.4 Å². The molecule has 0 spiro atoms. The molecule has 1 aliphatic heterocycles. The monoisotopic (exact) mass is 614 g/mol. The molecule has 10 heteroatoms. The molecule has 2 aromatic rings. The third kappa shape index (κ3) is 8.46. The molecule has 7 nitrogen and oxygen atoms in total. The molecule has 2 amide bonds. The van der Waals surface area contributed by atoms with Gasteiger partial charge in [0.25, 0.3) is 0 Å². The van der Waals surface area contributed by atoms with Gasteiger partial charge in [-0.05, 0) is 78.3 Å². The van der Waals surface area contributed by atoms with E-state index in [1.807, 2.05) is 38.1 Å². The molecule has 1 heterocycles. The highest BCUT2D eigenvalue weighted by molar-refractivity contribution is 14.1. The van der Waals surface area contributed by atoms with Crippen molar-refractivity contribution in [2.24, 2.45) is 0 Å². The fourth-order valence-electron chi connectivity index (χ4n) is 4.55. The highest BCUT2D eigenvalue weighted by Crippen LogP contribution is 2.14. The molecule has 0 saturated carbocycles. The first-order valence-corrected chi connectivity index (χ1v) is 13.1. The van der Waals surface area contributed by atoms with Crippen LogP contribution in [-0.2, 0) is 22.6 Å². The summed E-state index contributed by atoms with van der Waals surface area (Å²) in [5.74, 6) is -1.83. The van der Waals surface area contributed by atoms with Crippen LogP contribution >= 0.6 is 22.6 Å². The van der Waals surface area contributed by atoms with E-state index in [-0.39, 0.29) is 43.9 Å². The predicted molar refractivity (Wildman–Crippen MR) is 142 cm³/mol. The lowest BCUT2D eigenvalue weighted by Crippen LogP contribution is -2.58. The summed E-state index contributed by atoms with van der Waals surface area (Å²) in [5, 5.41) is 16.9. The highest BCUT2D eigenvalue weighted by atomic mass is 127. The molecule has 1 saturated heterocycles. The van der Waals surface area contributed by atoms with E-state index in [2.05, 4.69) is 33.2 Å². The zero-order chi connectivity index (χ0) is 26.2. The minimum Gasteiger partial charge on any atom is -0.390 e. The van der Waals surface area contributed by atoms with Crippen molar-refractivity contribution < 1.29 is 23.5 Å². The number of piperazine rings is 1. The number of aliphatic hydroxyl groups is 1. The molecule has 0 unspecified atom stereocenters. The lowest BCUT2D eigenvalue weighted by molar-refractivity contribution is -0.140. The van der Waals surface area contributed by atoms with Gasteiger partial charge in [-0.2, -0.15) is 0 Å². The lowest BCUT2D eigenvalue weighted by atomic mass is 10.0. The minimum absolute atomic E-state index is 0.00838. The van der Waals surface area contributed by atoms with Crippen LogP contribution < -0.4 is 10.6 Å². The SMILES string of the molecule is CCN1C(=O)CN(CC(=O)N[C@@H](Cc2cc(F)cc(F)c2)[C@@H](O)CNCc2cccc(I)c2)C[C@@H]1C. The second-order valence-electron chi connectivity index (χ2n) is 9.18. The van der Waals surface area contributed by atoms with Gasteiger partial charge in [0.2, 0.25) is 11.8 Å². The zero-order valence-electron chi connectivity index (χ0n) is 20.5. The molecule has 2 aromatic carbocycles. The van der Waals surface area contributed by atoms with Crippen LogP contribution in [0.4, 0.5) is 8.78 Å². The number of halogens is 3. The number of aliphatic hydroxyl groups excluding tert-OH is 1. The van der Waals surface area contributed by atoms with Gasteiger partial charge in [-0.1, -0.05) is 12.1 Å². The van der Waals surface area contributed by atoms with E-state index in [0.29, 0.717) is 25.2 Å². The minimum atomic E-state index is -1.01. The molecule has 1 aliphatic rings. The van der Waals surface area contributed by atoms with Gasteiger partial charge >= 0.3 is 0 Å². The first-order valence-electron chi connectivity index (χ1n) is 12.0. The Morgan fingerprint density at radius 1 is 1.19 bits per heavy atom. The summed E-state index contributed by atoms with van der Waals surface area (Å²) in [7, 11) is 0. The maximum atomic E-state index is 13.8. The Morgan fingerprint density at radius 3 is 2.56 bits per heavy atom. The molecule has 36 heavy (non-hydrogen) atoms. The largest absolute Gasteiger partial charge is 0.390 e. The molecular weight excluding hydrogens is 581 g/mol. The molecule has 1 fully saturated rings. The van der Waals surface area contributed by atoms with Crippen molar-refractivity contribution >= 4 is 34.4 Å². The normalized spacial score (nSPS) is 18.2. The van der Waals surface area contributed by atoms with Crippen LogP contribution in [0.15, 0.2) is 42.5 Å². The van der Waals surface area contributed by atoms with Crippen molar-refractivity contribution in [3.05, 3.63) is 68.8 Å². The maximum absolute atomic E-state index is 13.8. The summed E-state index contributed by atoms with van der Waals surface area (Å²) in [6, 6.07) is 10.3. The Hall–Kier alpha value is -2.15. The first kappa shape index (κ1) is 28.4. The summed E-state index contributed by atoms with van der Waals surface area (Å²) in [5.41, 5.74) is 1.38. The first-order chi connectivity index (χ1) is 17.1. The summed E-state index contributed by atoms with van der Waals surface area (Å²) in [6.45, 7) is 5.86. The van der Waals surface area contributed by atoms with Crippen LogP contribution in [0.2, 0.25) is 0 Å². The van der Waals surface area contributed by atoms with Gasteiger partial charge in [-0.3, -0.25) is 14.5 Å². The van der Waals surface area contributed by atoms with Crippen LogP contribution in [0, 0.1) is 15.2 Å². The van der Waals surface area contributed by atoms with Gasteiger partial charge < -0.3 is 20.6 Å². The number of nitrogens with zero attached hydrogens (tertiary/aromatic N) is 2. The fraction of sp³-hybridized carbons (Fsp3) is 0.462. The van der Waals surface area contributed by atoms with E-state index in [9.17, 15) is 23.5 Å². The number of benzene rings is 2. The summed E-state index contributed by atoms with van der Waals surface area (Å²) >= 11 is 2.23. The van der Waals surface area contributed by atoms with E-state index in [4.69, 9.17) is 0 Å². The Balaban J connectivity index is 1.64. The highest BCUT2D eigenvalue weighted by Gasteiger charge is 2.30. The standard InChI is InChI=1S/C26H33F2IN4O3/c1-3-33-17(2)14-32(16-26(33)36)15-25(35)31-23(10-19-7-20(27)11-21(28)8-19)24(34)13-30-12-18-5-4-6-22(29)9-18/h4-9,11,17,23-24,30,34H,3,10,12-16H2,1-2H3,(H,31,35)/t17-,23-,24-/m0/s1. The average Bonchev–Trinajstić information content (AvgIpc) is 2.77. The third-order valence-electron chi connectivity index (χ3n) is 6.20. The molecule has 196 valence electrons. The summed E-state index contributed by atoms with van der Waals surface area (Å²) in [6.07, 6.45) is -0.966. The van der Waals surface area contributed by atoms with Crippen molar-refractivity contribution in [1.29, 1.82) is 0 Å². The quantitative estimate of drug-likeness (QED) is 0.339. The number of amides is 2. The number of carbonyl (C=O) groups excluding carboxylic acids is 2. The van der Waals surface area contributed by atoms with Gasteiger partial charge in [-0.15, -0.1) is 0 Å². The third-order valence-corrected chi connectivity index (χ3v) is 6.87. The Bertz CT molecular complexity index is 1040. The Kier molecular flexibility index (Phi) is 10.6. The van der Waals surface area contributed by atoms with Gasteiger partial charge in [0.05, 0.1) is 25.2 Å². The predicted octanol–water partition coefficient (Wildman–Crippen LogP) is 2.30. The van der Waals surface area contributed by atoms with Crippen LogP contribution in [0.5, 0.6) is 0 Å². The van der Waals surface area contributed by atoms with Crippen molar-refractivity contribution in [3.63, 3.8) is 0 Å². The molecule has 0 bridgehead atoms. The second-order valence-corrected chi connectivity index (χ2v) is 10.4. The second kappa shape index (κ2) is 13.4. The molecule has 3 atom stereocenters. The number of carbonyl (C=O) groups is 2. The topological polar surface area (TPSA) is 84.9 Å². The van der Waals surface area contributed by atoms with Gasteiger partial charge in [0.1, 0.15) is 11.6 Å². The van der Waals surface area contributed by atoms with Crippen molar-refractivity contribution in [2.75, 3.05) is 32.7 Å². The van der Waals surface area contributed by atoms with Crippen molar-refractivity contribution in [3.8, 4) is 0 Å². The molecule has 0 radical (unpaired) electrons. The molecule has 3 N–H and O–H groups in total. The average molecular weight is 614 g/mol. The molecule has 3 rings (SSSR count). The van der Waals surface area contributed by atoms with Gasteiger partial charge in [0.15, 0.2) is 0 Å². The van der Waals surface area contributed by atoms with E-state index in [1.54, 1.807) is 9.80 Å². The van der Waals surface area contributed by atoms with E-state index in [0.717, 1.165) is 15.2 Å². The number of likely N-dealkylation sites (N-methyl/N-ethyl adjacent to an activating group) is 1. The number of nitrogens with one attached hydrogen (secondary N) is 2. The summed E-state index contributed by atoms with van der Waals surface area (Å²) < 4.78 is 28.6. The van der Waals surface area contributed by atoms with Gasteiger partial charge in [0, 0.05) is 41.9 Å². The lowest BCUT2D eigenvalue weighted by Gasteiger charge is -2.38. The Labute approximate surface area is 224 Å². The van der Waals surface area contributed by atoms with Crippen LogP contribution in [-0.4, -0.2) is 77.6 Å². The van der Waals surface area contributed by atoms with Crippen molar-refractivity contribution in [2.45, 2.75) is 45.0 Å². The van der Waals surface area contributed by atoms with Crippen LogP contribution in [0.1, 0.15) is 25.0 Å². The Morgan fingerprint density at radius 2 is 1.92 bits per heavy atom. The zero-order valence-corrected chi connectivity index (χ0v) is 22.7. The van der Waals surface area contributed by atoms with Crippen LogP contribution in [0.25, 0.3) is 0 Å². The molecule has 0 aromatic heterocycles. The van der Waals surface area contributed by atoms with Crippen LogP contribution in [0.3, 0.4) is 0 Å². The maximum Gasteiger partial charge on any atom is 0.237 e. The molecule has 0 aliphatic carbocycles. The molecular formula is C26H33F2IN4O3. The van der Waals surface area contributed by atoms with Gasteiger partial charge in [-0.25, -0.2) is 8.78 Å². The number of hydrogen-bond acceptors (Lipinski definition) is 5. The summed E-state index contributed by atoms with van der Waals surface area (Å²) in [4.78, 5) is 28.8. The number of hydrogen-bond donors (Lipinski definition) is 3. The van der Waals surface area contributed by atoms with E-state index < -0.39 is 23.8 Å².